The summed E-state index contributed by atoms with van der Waals surface area (Å²) in [6.45, 7) is 6.05. The fraction of sp³-hybridized carbons (Fsp3) is 1.00. The molecular weight excluding hydrogens is 158 g/mol. The molecule has 0 bridgehead atoms. The van der Waals surface area contributed by atoms with Crippen LogP contribution < -0.4 is 5.32 Å². The van der Waals surface area contributed by atoms with Crippen molar-refractivity contribution in [2.45, 2.75) is 52.0 Å². The Morgan fingerprint density at radius 1 is 1.00 bits per heavy atom. The standard InChI is InChI=1S/C12H23N/c1-9-4-3-5-11(6-9)12-7-10(2)8-13-12/h9-13H,3-8H2,1-2H3. The van der Waals surface area contributed by atoms with Gasteiger partial charge in [-0.2, -0.15) is 0 Å². The van der Waals surface area contributed by atoms with E-state index in [4.69, 9.17) is 0 Å². The first-order chi connectivity index (χ1) is 6.25. The Morgan fingerprint density at radius 3 is 2.46 bits per heavy atom. The Balaban J connectivity index is 1.85. The van der Waals surface area contributed by atoms with E-state index in [0.717, 1.165) is 23.8 Å². The molecule has 1 N–H and O–H groups in total. The molecule has 76 valence electrons. The van der Waals surface area contributed by atoms with Crippen molar-refractivity contribution in [3.63, 3.8) is 0 Å². The minimum atomic E-state index is 0.859. The van der Waals surface area contributed by atoms with Crippen LogP contribution in [0.25, 0.3) is 0 Å². The van der Waals surface area contributed by atoms with E-state index < -0.39 is 0 Å². The molecule has 4 unspecified atom stereocenters. The molecule has 4 atom stereocenters. The molecule has 1 heterocycles. The maximum atomic E-state index is 3.70. The quantitative estimate of drug-likeness (QED) is 0.656. The third-order valence-corrected chi connectivity index (χ3v) is 3.93. The van der Waals surface area contributed by atoms with E-state index in [-0.39, 0.29) is 0 Å². The summed E-state index contributed by atoms with van der Waals surface area (Å²) in [5.74, 6) is 2.90. The second-order valence-corrected chi connectivity index (χ2v) is 5.39. The molecule has 1 saturated heterocycles. The highest BCUT2D eigenvalue weighted by Gasteiger charge is 2.30. The normalized spacial score (nSPS) is 46.6. The smallest absolute Gasteiger partial charge is 0.00985 e. The summed E-state index contributed by atoms with van der Waals surface area (Å²) in [4.78, 5) is 0. The monoisotopic (exact) mass is 181 g/mol. The van der Waals surface area contributed by atoms with Gasteiger partial charge in [-0.3, -0.25) is 0 Å². The van der Waals surface area contributed by atoms with Gasteiger partial charge in [-0.1, -0.05) is 26.7 Å². The molecule has 0 radical (unpaired) electrons. The Bertz CT molecular complexity index is 167. The van der Waals surface area contributed by atoms with Crippen LogP contribution in [0.4, 0.5) is 0 Å². The molecule has 2 fully saturated rings. The lowest BCUT2D eigenvalue weighted by atomic mass is 9.78. The van der Waals surface area contributed by atoms with Crippen molar-refractivity contribution in [1.82, 2.24) is 5.32 Å². The summed E-state index contributed by atoms with van der Waals surface area (Å²) >= 11 is 0. The highest BCUT2D eigenvalue weighted by atomic mass is 15.0. The van der Waals surface area contributed by atoms with Gasteiger partial charge in [-0.05, 0) is 43.6 Å². The zero-order chi connectivity index (χ0) is 9.26. The second kappa shape index (κ2) is 4.00. The zero-order valence-electron chi connectivity index (χ0n) is 9.05. The average molecular weight is 181 g/mol. The maximum Gasteiger partial charge on any atom is 0.00985 e. The minimum Gasteiger partial charge on any atom is -0.313 e. The average Bonchev–Trinajstić information content (AvgIpc) is 2.52. The van der Waals surface area contributed by atoms with E-state index in [1.54, 1.807) is 0 Å². The van der Waals surface area contributed by atoms with E-state index in [9.17, 15) is 0 Å². The van der Waals surface area contributed by atoms with Crippen LogP contribution in [0.5, 0.6) is 0 Å². The van der Waals surface area contributed by atoms with Crippen molar-refractivity contribution in [2.75, 3.05) is 6.54 Å². The molecule has 0 aromatic heterocycles. The van der Waals surface area contributed by atoms with Crippen LogP contribution in [-0.2, 0) is 0 Å². The summed E-state index contributed by atoms with van der Waals surface area (Å²) in [6, 6.07) is 0.859. The van der Waals surface area contributed by atoms with E-state index in [2.05, 4.69) is 19.2 Å². The molecule has 13 heavy (non-hydrogen) atoms. The van der Waals surface area contributed by atoms with Gasteiger partial charge >= 0.3 is 0 Å². The molecule has 2 rings (SSSR count). The van der Waals surface area contributed by atoms with Crippen molar-refractivity contribution >= 4 is 0 Å². The number of nitrogens with one attached hydrogen (secondary N) is 1. The van der Waals surface area contributed by atoms with Crippen LogP contribution in [-0.4, -0.2) is 12.6 Å². The lowest BCUT2D eigenvalue weighted by Crippen LogP contribution is -2.33. The summed E-state index contributed by atoms with van der Waals surface area (Å²) in [5.41, 5.74) is 0. The van der Waals surface area contributed by atoms with Crippen LogP contribution in [0.2, 0.25) is 0 Å². The highest BCUT2D eigenvalue weighted by molar-refractivity contribution is 4.87. The molecule has 1 heteroatoms. The lowest BCUT2D eigenvalue weighted by Gasteiger charge is -2.31. The summed E-state index contributed by atoms with van der Waals surface area (Å²) < 4.78 is 0. The van der Waals surface area contributed by atoms with Gasteiger partial charge in [0, 0.05) is 6.04 Å². The molecule has 0 aromatic carbocycles. The molecule has 2 aliphatic rings. The van der Waals surface area contributed by atoms with Crippen LogP contribution in [0.15, 0.2) is 0 Å². The zero-order valence-corrected chi connectivity index (χ0v) is 9.05. The molecule has 0 amide bonds. The van der Waals surface area contributed by atoms with Crippen molar-refractivity contribution in [3.8, 4) is 0 Å². The second-order valence-electron chi connectivity index (χ2n) is 5.39. The van der Waals surface area contributed by atoms with E-state index in [1.807, 2.05) is 0 Å². The van der Waals surface area contributed by atoms with Gasteiger partial charge in [0.2, 0.25) is 0 Å². The number of rotatable bonds is 1. The van der Waals surface area contributed by atoms with Crippen molar-refractivity contribution in [2.24, 2.45) is 17.8 Å². The van der Waals surface area contributed by atoms with Crippen LogP contribution in [0.1, 0.15) is 46.0 Å². The Labute approximate surface area is 82.3 Å². The van der Waals surface area contributed by atoms with Gasteiger partial charge in [0.05, 0.1) is 0 Å². The third kappa shape index (κ3) is 2.25. The predicted molar refractivity (Wildman–Crippen MR) is 56.7 cm³/mol. The summed E-state index contributed by atoms with van der Waals surface area (Å²) in [7, 11) is 0. The van der Waals surface area contributed by atoms with Gasteiger partial charge in [-0.25, -0.2) is 0 Å². The summed E-state index contributed by atoms with van der Waals surface area (Å²) in [6.07, 6.45) is 7.33. The Kier molecular flexibility index (Phi) is 2.92. The maximum absolute atomic E-state index is 3.70. The van der Waals surface area contributed by atoms with Crippen molar-refractivity contribution in [1.29, 1.82) is 0 Å². The van der Waals surface area contributed by atoms with E-state index in [1.165, 1.54) is 38.6 Å². The van der Waals surface area contributed by atoms with Gasteiger partial charge in [0.1, 0.15) is 0 Å². The predicted octanol–water partition coefficient (Wildman–Crippen LogP) is 2.81. The Hall–Kier alpha value is -0.0400. The molecule has 1 aliphatic heterocycles. The van der Waals surface area contributed by atoms with E-state index in [0.29, 0.717) is 0 Å². The molecule has 0 aromatic rings. The fourth-order valence-electron chi connectivity index (χ4n) is 3.16. The first-order valence-corrected chi connectivity index (χ1v) is 5.99. The van der Waals surface area contributed by atoms with Crippen molar-refractivity contribution < 1.29 is 0 Å². The molecule has 1 saturated carbocycles. The van der Waals surface area contributed by atoms with Gasteiger partial charge < -0.3 is 5.32 Å². The first kappa shape index (κ1) is 9.51. The molecule has 1 nitrogen and oxygen atoms in total. The van der Waals surface area contributed by atoms with Gasteiger partial charge in [0.15, 0.2) is 0 Å². The van der Waals surface area contributed by atoms with Crippen LogP contribution >= 0.6 is 0 Å². The van der Waals surface area contributed by atoms with E-state index >= 15 is 0 Å². The molecule has 1 aliphatic carbocycles. The highest BCUT2D eigenvalue weighted by Crippen LogP contribution is 2.34. The summed E-state index contributed by atoms with van der Waals surface area (Å²) in [5, 5.41) is 3.70. The van der Waals surface area contributed by atoms with Gasteiger partial charge in [-0.15, -0.1) is 0 Å². The number of hydrogen-bond donors (Lipinski definition) is 1. The first-order valence-electron chi connectivity index (χ1n) is 5.99. The molecular formula is C12H23N. The van der Waals surface area contributed by atoms with Gasteiger partial charge in [0.25, 0.3) is 0 Å². The topological polar surface area (TPSA) is 12.0 Å². The number of hydrogen-bond acceptors (Lipinski definition) is 1. The van der Waals surface area contributed by atoms with Crippen molar-refractivity contribution in [3.05, 3.63) is 0 Å². The van der Waals surface area contributed by atoms with Crippen LogP contribution in [0, 0.1) is 17.8 Å². The van der Waals surface area contributed by atoms with Crippen LogP contribution in [0.3, 0.4) is 0 Å². The Morgan fingerprint density at radius 2 is 1.85 bits per heavy atom. The third-order valence-electron chi connectivity index (χ3n) is 3.93. The molecule has 0 spiro atoms. The minimum absolute atomic E-state index is 0.859. The lowest BCUT2D eigenvalue weighted by molar-refractivity contribution is 0.233. The SMILES string of the molecule is CC1CCCC(C2CC(C)CN2)C1. The largest absolute Gasteiger partial charge is 0.313 e. The fourth-order valence-corrected chi connectivity index (χ4v) is 3.16.